The number of carbonyl (C=O) groups is 1. The summed E-state index contributed by atoms with van der Waals surface area (Å²) in [5.74, 6) is 2.51. The summed E-state index contributed by atoms with van der Waals surface area (Å²) < 4.78 is 7.60. The number of hydrogen-bond acceptors (Lipinski definition) is 5. The van der Waals surface area contributed by atoms with Crippen LogP contribution in [-0.4, -0.2) is 44.4 Å². The molecule has 0 fully saturated rings. The molecule has 3 aromatic rings. The van der Waals surface area contributed by atoms with Gasteiger partial charge in [-0.2, -0.15) is 0 Å². The van der Waals surface area contributed by atoms with E-state index < -0.39 is 0 Å². The Balaban J connectivity index is 1.68. The van der Waals surface area contributed by atoms with E-state index in [1.807, 2.05) is 41.5 Å². The lowest BCUT2D eigenvalue weighted by molar-refractivity contribution is -0.130. The molecule has 29 heavy (non-hydrogen) atoms. The number of hydrogen-bond donors (Lipinski definition) is 0. The second-order valence-corrected chi connectivity index (χ2v) is 7.89. The zero-order valence-electron chi connectivity index (χ0n) is 17.3. The largest absolute Gasteiger partial charge is 0.461 e. The number of aromatic nitrogens is 3. The molecule has 0 spiro atoms. The van der Waals surface area contributed by atoms with E-state index in [2.05, 4.69) is 35.3 Å². The molecule has 2 aromatic heterocycles. The molecule has 0 atom stereocenters. The molecule has 0 unspecified atom stereocenters. The number of amides is 1. The molecule has 0 aliphatic rings. The third-order valence-corrected chi connectivity index (χ3v) is 5.78. The normalized spacial score (nSPS) is 11.0. The molecule has 1 aromatic carbocycles. The summed E-state index contributed by atoms with van der Waals surface area (Å²) in [6.07, 6.45) is 4.08. The van der Waals surface area contributed by atoms with Crippen molar-refractivity contribution in [3.63, 3.8) is 0 Å². The molecule has 7 heteroatoms. The third-order valence-electron chi connectivity index (χ3n) is 4.77. The van der Waals surface area contributed by atoms with Crippen LogP contribution in [0.3, 0.4) is 0 Å². The zero-order chi connectivity index (χ0) is 20.6. The van der Waals surface area contributed by atoms with Crippen LogP contribution in [0.4, 0.5) is 0 Å². The lowest BCUT2D eigenvalue weighted by Gasteiger charge is -2.18. The van der Waals surface area contributed by atoms with Crippen LogP contribution in [0, 0.1) is 6.92 Å². The number of thioether (sulfide) groups is 1. The van der Waals surface area contributed by atoms with Crippen molar-refractivity contribution < 1.29 is 9.21 Å². The summed E-state index contributed by atoms with van der Waals surface area (Å²) >= 11 is 1.66. The predicted octanol–water partition coefficient (Wildman–Crippen LogP) is 4.97. The number of furan rings is 1. The van der Waals surface area contributed by atoms with Gasteiger partial charge in [0.15, 0.2) is 10.9 Å². The highest BCUT2D eigenvalue weighted by Crippen LogP contribution is 2.29. The van der Waals surface area contributed by atoms with Gasteiger partial charge >= 0.3 is 0 Å². The second kappa shape index (κ2) is 10.3. The quantitative estimate of drug-likeness (QED) is 0.348. The van der Waals surface area contributed by atoms with Crippen LogP contribution in [0.5, 0.6) is 0 Å². The number of unbranched alkanes of at least 4 members (excludes halogenated alkanes) is 1. The van der Waals surface area contributed by atoms with Crippen molar-refractivity contribution in [1.82, 2.24) is 19.7 Å². The number of nitrogens with zero attached hydrogens (tertiary/aromatic N) is 4. The van der Waals surface area contributed by atoms with Gasteiger partial charge in [-0.25, -0.2) is 0 Å². The molecule has 3 rings (SSSR count). The Labute approximate surface area is 176 Å². The Morgan fingerprint density at radius 3 is 2.66 bits per heavy atom. The smallest absolute Gasteiger partial charge is 0.222 e. The SMILES string of the molecule is CCN(CC)C(=O)CCCCSc1nnc(-c2ccco2)n1-c1cccc(C)c1. The maximum atomic E-state index is 12.1. The van der Waals surface area contributed by atoms with Crippen molar-refractivity contribution in [3.8, 4) is 17.3 Å². The maximum absolute atomic E-state index is 12.1. The molecular weight excluding hydrogens is 384 g/mol. The molecule has 0 saturated carbocycles. The van der Waals surface area contributed by atoms with Gasteiger partial charge in [-0.3, -0.25) is 9.36 Å². The lowest BCUT2D eigenvalue weighted by atomic mass is 10.2. The summed E-state index contributed by atoms with van der Waals surface area (Å²) in [5.41, 5.74) is 2.19. The highest BCUT2D eigenvalue weighted by atomic mass is 32.2. The van der Waals surface area contributed by atoms with Crippen molar-refractivity contribution in [3.05, 3.63) is 48.2 Å². The van der Waals surface area contributed by atoms with Crippen LogP contribution in [0.2, 0.25) is 0 Å². The number of carbonyl (C=O) groups excluding carboxylic acids is 1. The fraction of sp³-hybridized carbons (Fsp3) is 0.409. The maximum Gasteiger partial charge on any atom is 0.222 e. The van der Waals surface area contributed by atoms with E-state index in [4.69, 9.17) is 4.42 Å². The van der Waals surface area contributed by atoms with Gasteiger partial charge in [-0.05, 0) is 63.4 Å². The second-order valence-electron chi connectivity index (χ2n) is 6.83. The number of rotatable bonds is 10. The molecule has 0 bridgehead atoms. The highest BCUT2D eigenvalue weighted by molar-refractivity contribution is 7.99. The van der Waals surface area contributed by atoms with E-state index in [9.17, 15) is 4.79 Å². The van der Waals surface area contributed by atoms with Crippen LogP contribution in [0.25, 0.3) is 17.3 Å². The molecule has 154 valence electrons. The Bertz CT molecular complexity index is 917. The Hall–Kier alpha value is -2.54. The summed E-state index contributed by atoms with van der Waals surface area (Å²) in [6, 6.07) is 12.0. The molecule has 6 nitrogen and oxygen atoms in total. The fourth-order valence-electron chi connectivity index (χ4n) is 3.20. The minimum atomic E-state index is 0.239. The van der Waals surface area contributed by atoms with E-state index in [1.165, 1.54) is 5.56 Å². The molecule has 1 amide bonds. The Kier molecular flexibility index (Phi) is 7.52. The van der Waals surface area contributed by atoms with Gasteiger partial charge < -0.3 is 9.32 Å². The van der Waals surface area contributed by atoms with Crippen LogP contribution >= 0.6 is 11.8 Å². The first-order chi connectivity index (χ1) is 14.1. The van der Waals surface area contributed by atoms with Gasteiger partial charge in [0, 0.05) is 25.3 Å². The summed E-state index contributed by atoms with van der Waals surface area (Å²) in [4.78, 5) is 14.0. The lowest BCUT2D eigenvalue weighted by Crippen LogP contribution is -2.30. The highest BCUT2D eigenvalue weighted by Gasteiger charge is 2.18. The minimum absolute atomic E-state index is 0.239. The topological polar surface area (TPSA) is 64.2 Å². The Morgan fingerprint density at radius 2 is 1.97 bits per heavy atom. The number of benzene rings is 1. The van der Waals surface area contributed by atoms with E-state index in [0.717, 1.165) is 42.5 Å². The average Bonchev–Trinajstić information content (AvgIpc) is 3.38. The summed E-state index contributed by atoms with van der Waals surface area (Å²) in [7, 11) is 0. The molecule has 0 N–H and O–H groups in total. The van der Waals surface area contributed by atoms with Gasteiger partial charge in [0.25, 0.3) is 0 Å². The first-order valence-corrected chi connectivity index (χ1v) is 11.1. The third kappa shape index (κ3) is 5.29. The molecule has 0 aliphatic carbocycles. The molecule has 2 heterocycles. The van der Waals surface area contributed by atoms with E-state index in [0.29, 0.717) is 18.0 Å². The summed E-state index contributed by atoms with van der Waals surface area (Å²) in [6.45, 7) is 7.66. The van der Waals surface area contributed by atoms with Crippen LogP contribution in [0.15, 0.2) is 52.2 Å². The van der Waals surface area contributed by atoms with Crippen molar-refractivity contribution >= 4 is 17.7 Å². The van der Waals surface area contributed by atoms with E-state index >= 15 is 0 Å². The first-order valence-electron chi connectivity index (χ1n) is 10.1. The first kappa shape index (κ1) is 21.2. The molecular formula is C22H28N4O2S. The van der Waals surface area contributed by atoms with Gasteiger partial charge in [-0.1, -0.05) is 23.9 Å². The van der Waals surface area contributed by atoms with Crippen molar-refractivity contribution in [2.75, 3.05) is 18.8 Å². The van der Waals surface area contributed by atoms with Gasteiger partial charge in [0.1, 0.15) is 0 Å². The van der Waals surface area contributed by atoms with E-state index in [-0.39, 0.29) is 5.91 Å². The molecule has 0 radical (unpaired) electrons. The summed E-state index contributed by atoms with van der Waals surface area (Å²) in [5, 5.41) is 9.61. The van der Waals surface area contributed by atoms with Gasteiger partial charge in [0.05, 0.1) is 12.0 Å². The fourth-order valence-corrected chi connectivity index (χ4v) is 4.16. The van der Waals surface area contributed by atoms with Crippen LogP contribution in [-0.2, 0) is 4.79 Å². The van der Waals surface area contributed by atoms with Crippen molar-refractivity contribution in [2.24, 2.45) is 0 Å². The van der Waals surface area contributed by atoms with Crippen LogP contribution in [0.1, 0.15) is 38.7 Å². The van der Waals surface area contributed by atoms with Gasteiger partial charge in [0.2, 0.25) is 11.7 Å². The number of aryl methyl sites for hydroxylation is 1. The zero-order valence-corrected chi connectivity index (χ0v) is 18.1. The minimum Gasteiger partial charge on any atom is -0.461 e. The van der Waals surface area contributed by atoms with E-state index in [1.54, 1.807) is 18.0 Å². The van der Waals surface area contributed by atoms with Crippen LogP contribution < -0.4 is 0 Å². The average molecular weight is 413 g/mol. The standard InChI is InChI=1S/C22H28N4O2S/c1-4-25(5-2)20(27)13-6-7-15-29-22-24-23-21(19-12-9-14-28-19)26(22)18-11-8-10-17(3)16-18/h8-12,14,16H,4-7,13,15H2,1-3H3. The van der Waals surface area contributed by atoms with Crippen molar-refractivity contribution in [1.29, 1.82) is 0 Å². The predicted molar refractivity (Wildman–Crippen MR) is 116 cm³/mol. The molecule has 0 saturated heterocycles. The van der Waals surface area contributed by atoms with Crippen molar-refractivity contribution in [2.45, 2.75) is 45.2 Å². The van der Waals surface area contributed by atoms with Gasteiger partial charge in [-0.15, -0.1) is 10.2 Å². The molecule has 0 aliphatic heterocycles. The monoisotopic (exact) mass is 412 g/mol. The Morgan fingerprint density at radius 1 is 1.14 bits per heavy atom.